The van der Waals surface area contributed by atoms with Crippen LogP contribution in [0.1, 0.15) is 56.7 Å². The van der Waals surface area contributed by atoms with E-state index in [0.29, 0.717) is 35.1 Å². The molecular weight excluding hydrogens is 376 g/mol. The number of aliphatic hydroxyl groups is 1. The van der Waals surface area contributed by atoms with Crippen molar-refractivity contribution in [3.63, 3.8) is 0 Å². The molecule has 0 bridgehead atoms. The molecule has 0 aliphatic heterocycles. The number of rotatable bonds is 6. The average Bonchev–Trinajstić information content (AvgIpc) is 3.00. The smallest absolute Gasteiger partial charge is 0.353 e. The van der Waals surface area contributed by atoms with E-state index in [1.165, 1.54) is 5.56 Å². The van der Waals surface area contributed by atoms with Crippen LogP contribution in [0.25, 0.3) is 0 Å². The first-order valence-corrected chi connectivity index (χ1v) is 10.1. The molecule has 150 valence electrons. The van der Waals surface area contributed by atoms with E-state index in [9.17, 15) is 9.90 Å². The van der Waals surface area contributed by atoms with Gasteiger partial charge in [0.2, 0.25) is 5.60 Å². The van der Waals surface area contributed by atoms with Crippen LogP contribution in [0.15, 0.2) is 42.5 Å². The van der Waals surface area contributed by atoms with Gasteiger partial charge in [0.25, 0.3) is 0 Å². The Morgan fingerprint density at radius 3 is 2.54 bits per heavy atom. The summed E-state index contributed by atoms with van der Waals surface area (Å²) in [6.07, 6.45) is 0.957. The van der Waals surface area contributed by atoms with Gasteiger partial charge in [0.1, 0.15) is 11.4 Å². The molecule has 2 aromatic carbocycles. The molecule has 0 saturated heterocycles. The van der Waals surface area contributed by atoms with E-state index in [0.717, 1.165) is 5.56 Å². The van der Waals surface area contributed by atoms with E-state index in [-0.39, 0.29) is 6.61 Å². The molecule has 4 nitrogen and oxygen atoms in total. The van der Waals surface area contributed by atoms with Gasteiger partial charge in [0.15, 0.2) is 0 Å². The maximum atomic E-state index is 13.0. The van der Waals surface area contributed by atoms with E-state index in [4.69, 9.17) is 21.1 Å². The summed E-state index contributed by atoms with van der Waals surface area (Å²) >= 11 is 6.11. The molecule has 0 amide bonds. The van der Waals surface area contributed by atoms with Crippen molar-refractivity contribution in [2.45, 2.75) is 57.7 Å². The van der Waals surface area contributed by atoms with Crippen LogP contribution < -0.4 is 4.74 Å². The van der Waals surface area contributed by atoms with Crippen molar-refractivity contribution in [2.24, 2.45) is 0 Å². The molecule has 28 heavy (non-hydrogen) atoms. The molecule has 0 saturated carbocycles. The van der Waals surface area contributed by atoms with Crippen molar-refractivity contribution in [1.29, 1.82) is 0 Å². The first-order valence-electron chi connectivity index (χ1n) is 9.68. The van der Waals surface area contributed by atoms with Crippen LogP contribution in [0, 0.1) is 0 Å². The Morgan fingerprint density at radius 2 is 1.93 bits per heavy atom. The van der Waals surface area contributed by atoms with Crippen LogP contribution in [0.4, 0.5) is 0 Å². The minimum atomic E-state index is -1.60. The van der Waals surface area contributed by atoms with E-state index in [1.54, 1.807) is 26.0 Å². The van der Waals surface area contributed by atoms with Crippen LogP contribution in [-0.2, 0) is 21.6 Å². The molecular formula is C23H27ClO4. The zero-order valence-corrected chi connectivity index (χ0v) is 17.5. The van der Waals surface area contributed by atoms with Gasteiger partial charge in [-0.05, 0) is 73.6 Å². The number of fused-ring (bicyclic) bond motifs is 1. The second-order valence-corrected chi connectivity index (χ2v) is 8.18. The zero-order chi connectivity index (χ0) is 20.5. The number of halogens is 1. The third-order valence-electron chi connectivity index (χ3n) is 5.59. The summed E-state index contributed by atoms with van der Waals surface area (Å²) in [5.41, 5.74) is -0.363. The summed E-state index contributed by atoms with van der Waals surface area (Å²) in [6, 6.07) is 12.9. The molecule has 2 unspecified atom stereocenters. The van der Waals surface area contributed by atoms with Crippen LogP contribution in [-0.4, -0.2) is 23.3 Å². The maximum absolute atomic E-state index is 13.0. The number of carbonyl (C=O) groups excluding carboxylic acids is 1. The molecule has 3 rings (SSSR count). The number of carbonyl (C=O) groups is 1. The SMILES string of the molecule is CCOC(=O)C(C)(Oc1ccc(C(C)C)cc1)C1(O)CCc2cc(Cl)ccc21. The Morgan fingerprint density at radius 1 is 1.25 bits per heavy atom. The van der Waals surface area contributed by atoms with Gasteiger partial charge >= 0.3 is 5.97 Å². The number of hydrogen-bond acceptors (Lipinski definition) is 4. The Labute approximate surface area is 171 Å². The van der Waals surface area contributed by atoms with Gasteiger partial charge < -0.3 is 14.6 Å². The highest BCUT2D eigenvalue weighted by atomic mass is 35.5. The second-order valence-electron chi connectivity index (χ2n) is 7.74. The van der Waals surface area contributed by atoms with Crippen molar-refractivity contribution < 1.29 is 19.4 Å². The first kappa shape index (κ1) is 20.7. The van der Waals surface area contributed by atoms with E-state index >= 15 is 0 Å². The normalized spacial score (nSPS) is 20.5. The highest BCUT2D eigenvalue weighted by molar-refractivity contribution is 6.30. The molecule has 1 aliphatic rings. The number of ether oxygens (including phenoxy) is 2. The maximum Gasteiger partial charge on any atom is 0.353 e. The van der Waals surface area contributed by atoms with Crippen LogP contribution >= 0.6 is 11.6 Å². The first-order chi connectivity index (χ1) is 13.2. The van der Waals surface area contributed by atoms with Gasteiger partial charge in [-0.15, -0.1) is 0 Å². The molecule has 2 atom stereocenters. The van der Waals surface area contributed by atoms with Crippen molar-refractivity contribution in [2.75, 3.05) is 6.61 Å². The highest BCUT2D eigenvalue weighted by Gasteiger charge is 2.59. The summed E-state index contributed by atoms with van der Waals surface area (Å²) < 4.78 is 11.5. The minimum Gasteiger partial charge on any atom is -0.472 e. The highest BCUT2D eigenvalue weighted by Crippen LogP contribution is 2.47. The largest absolute Gasteiger partial charge is 0.472 e. The molecule has 0 radical (unpaired) electrons. The predicted molar refractivity (Wildman–Crippen MR) is 110 cm³/mol. The molecule has 5 heteroatoms. The quantitative estimate of drug-likeness (QED) is 0.691. The summed E-state index contributed by atoms with van der Waals surface area (Å²) in [7, 11) is 0. The average molecular weight is 403 g/mol. The lowest BCUT2D eigenvalue weighted by Crippen LogP contribution is -2.59. The Hall–Kier alpha value is -2.04. The monoisotopic (exact) mass is 402 g/mol. The molecule has 0 fully saturated rings. The van der Waals surface area contributed by atoms with Crippen LogP contribution in [0.5, 0.6) is 5.75 Å². The van der Waals surface area contributed by atoms with Crippen LogP contribution in [0.2, 0.25) is 5.02 Å². The van der Waals surface area contributed by atoms with Crippen molar-refractivity contribution >= 4 is 17.6 Å². The summed E-state index contributed by atoms with van der Waals surface area (Å²) in [6.45, 7) is 7.77. The van der Waals surface area contributed by atoms with Gasteiger partial charge in [-0.1, -0.05) is 43.6 Å². The molecule has 2 aromatic rings. The number of esters is 1. The number of benzene rings is 2. The second kappa shape index (κ2) is 7.76. The lowest BCUT2D eigenvalue weighted by molar-refractivity contribution is -0.189. The van der Waals surface area contributed by atoms with Crippen LogP contribution in [0.3, 0.4) is 0 Å². The van der Waals surface area contributed by atoms with Gasteiger partial charge in [0.05, 0.1) is 6.61 Å². The Kier molecular flexibility index (Phi) is 5.74. The third-order valence-corrected chi connectivity index (χ3v) is 5.83. The number of aryl methyl sites for hydroxylation is 1. The van der Waals surface area contributed by atoms with Gasteiger partial charge in [-0.3, -0.25) is 0 Å². The van der Waals surface area contributed by atoms with Gasteiger partial charge in [0, 0.05) is 5.02 Å². The van der Waals surface area contributed by atoms with E-state index < -0.39 is 17.2 Å². The molecule has 0 heterocycles. The zero-order valence-electron chi connectivity index (χ0n) is 16.8. The Bertz CT molecular complexity index is 861. The van der Waals surface area contributed by atoms with Crippen molar-refractivity contribution in [3.8, 4) is 5.75 Å². The van der Waals surface area contributed by atoms with Crippen molar-refractivity contribution in [3.05, 3.63) is 64.2 Å². The van der Waals surface area contributed by atoms with Gasteiger partial charge in [-0.25, -0.2) is 4.79 Å². The minimum absolute atomic E-state index is 0.202. The lowest BCUT2D eigenvalue weighted by Gasteiger charge is -2.41. The third kappa shape index (κ3) is 3.51. The molecule has 1 N–H and O–H groups in total. The predicted octanol–water partition coefficient (Wildman–Crippen LogP) is 5.00. The van der Waals surface area contributed by atoms with Gasteiger partial charge in [-0.2, -0.15) is 0 Å². The summed E-state index contributed by atoms with van der Waals surface area (Å²) in [5, 5.41) is 12.3. The van der Waals surface area contributed by atoms with Crippen molar-refractivity contribution in [1.82, 2.24) is 0 Å². The fourth-order valence-electron chi connectivity index (χ4n) is 3.84. The Balaban J connectivity index is 2.03. The lowest BCUT2D eigenvalue weighted by atomic mass is 9.79. The fraction of sp³-hybridized carbons (Fsp3) is 0.435. The van der Waals surface area contributed by atoms with E-state index in [1.807, 2.05) is 30.3 Å². The van der Waals surface area contributed by atoms with E-state index in [2.05, 4.69) is 13.8 Å². The molecule has 1 aliphatic carbocycles. The standard InChI is InChI=1S/C23H27ClO4/c1-5-27-21(25)22(4,28-19-9-6-16(7-10-19)15(2)3)23(26)13-12-17-14-18(24)8-11-20(17)23/h6-11,14-15,26H,5,12-13H2,1-4H3. The number of hydrogen-bond donors (Lipinski definition) is 1. The summed E-state index contributed by atoms with van der Waals surface area (Å²) in [5.74, 6) is 0.310. The molecule has 0 aromatic heterocycles. The molecule has 0 spiro atoms. The summed E-state index contributed by atoms with van der Waals surface area (Å²) in [4.78, 5) is 13.0. The fourth-order valence-corrected chi connectivity index (χ4v) is 4.03. The topological polar surface area (TPSA) is 55.8 Å².